The largest absolute Gasteiger partial charge is 0.480 e. The Balaban J connectivity index is 4.62. The molecular formula is C9H14F3N3O5. The molecule has 5 N–H and O–H groups in total. The van der Waals surface area contributed by atoms with Crippen molar-refractivity contribution >= 4 is 17.8 Å². The van der Waals surface area contributed by atoms with Crippen molar-refractivity contribution in [3.63, 3.8) is 0 Å². The minimum atomic E-state index is -4.83. The van der Waals surface area contributed by atoms with Crippen molar-refractivity contribution in [2.24, 2.45) is 0 Å². The fourth-order valence-corrected chi connectivity index (χ4v) is 1.18. The number of hydrogen-bond acceptors (Lipinski definition) is 5. The van der Waals surface area contributed by atoms with E-state index in [4.69, 9.17) is 10.3 Å². The molecule has 0 bridgehead atoms. The van der Waals surface area contributed by atoms with Crippen LogP contribution in [-0.2, 0) is 14.4 Å². The van der Waals surface area contributed by atoms with Crippen molar-refractivity contribution in [3.05, 3.63) is 0 Å². The zero-order valence-corrected chi connectivity index (χ0v) is 10.3. The molecule has 20 heavy (non-hydrogen) atoms. The average molecular weight is 301 g/mol. The standard InChI is InChI=1S/C9H14F3N3O5/c1-4(8(19)15-20)14-5(9(10,11)12)2-6(16)13-3-7(17)18/h4-5,14,20H,2-3H2,1H3,(H,13,16)(H,15,19)(H,17,18)/t4-,5?/m0/s1. The van der Waals surface area contributed by atoms with Gasteiger partial charge in [0.2, 0.25) is 5.91 Å². The molecule has 0 saturated heterocycles. The predicted molar refractivity (Wildman–Crippen MR) is 57.6 cm³/mol. The molecule has 11 heteroatoms. The maximum absolute atomic E-state index is 12.7. The molecule has 1 unspecified atom stereocenters. The molecule has 0 aromatic heterocycles. The van der Waals surface area contributed by atoms with Crippen LogP contribution in [-0.4, -0.2) is 52.9 Å². The first-order chi connectivity index (χ1) is 9.07. The van der Waals surface area contributed by atoms with E-state index in [1.807, 2.05) is 5.32 Å². The number of aliphatic carboxylic acids is 1. The van der Waals surface area contributed by atoms with Gasteiger partial charge in [0.15, 0.2) is 0 Å². The van der Waals surface area contributed by atoms with Crippen molar-refractivity contribution in [2.45, 2.75) is 31.6 Å². The summed E-state index contributed by atoms with van der Waals surface area (Å²) in [5.41, 5.74) is 1.17. The fraction of sp³-hybridized carbons (Fsp3) is 0.667. The van der Waals surface area contributed by atoms with E-state index >= 15 is 0 Å². The first-order valence-electron chi connectivity index (χ1n) is 5.33. The van der Waals surface area contributed by atoms with Crippen molar-refractivity contribution in [1.29, 1.82) is 0 Å². The Morgan fingerprint density at radius 1 is 1.25 bits per heavy atom. The summed E-state index contributed by atoms with van der Waals surface area (Å²) in [6.07, 6.45) is -5.93. The maximum Gasteiger partial charge on any atom is 0.404 e. The fourth-order valence-electron chi connectivity index (χ4n) is 1.18. The summed E-state index contributed by atoms with van der Waals surface area (Å²) in [5.74, 6) is -3.65. The lowest BCUT2D eigenvalue weighted by atomic mass is 10.1. The molecule has 0 radical (unpaired) electrons. The van der Waals surface area contributed by atoms with E-state index in [1.165, 1.54) is 5.48 Å². The second-order valence-corrected chi connectivity index (χ2v) is 3.83. The van der Waals surface area contributed by atoms with E-state index in [9.17, 15) is 27.6 Å². The summed E-state index contributed by atoms with van der Waals surface area (Å²) < 4.78 is 38.0. The molecule has 0 aliphatic rings. The van der Waals surface area contributed by atoms with Gasteiger partial charge in [-0.1, -0.05) is 0 Å². The molecular weight excluding hydrogens is 287 g/mol. The van der Waals surface area contributed by atoms with Gasteiger partial charge in [-0.3, -0.25) is 24.9 Å². The highest BCUT2D eigenvalue weighted by Crippen LogP contribution is 2.23. The Hall–Kier alpha value is -1.88. The highest BCUT2D eigenvalue weighted by molar-refractivity contribution is 5.82. The minimum Gasteiger partial charge on any atom is -0.480 e. The highest BCUT2D eigenvalue weighted by atomic mass is 19.4. The molecule has 0 aromatic rings. The van der Waals surface area contributed by atoms with Gasteiger partial charge >= 0.3 is 12.1 Å². The third kappa shape index (κ3) is 6.89. The van der Waals surface area contributed by atoms with Gasteiger partial charge in [-0.25, -0.2) is 5.48 Å². The van der Waals surface area contributed by atoms with Crippen molar-refractivity contribution in [2.75, 3.05) is 6.54 Å². The topological polar surface area (TPSA) is 128 Å². The van der Waals surface area contributed by atoms with E-state index in [-0.39, 0.29) is 0 Å². The van der Waals surface area contributed by atoms with Crippen LogP contribution in [0.2, 0.25) is 0 Å². The SMILES string of the molecule is C[C@H](NC(CC(=O)NCC(=O)O)C(F)(F)F)C(=O)NO. The summed E-state index contributed by atoms with van der Waals surface area (Å²) in [5, 5.41) is 20.1. The van der Waals surface area contributed by atoms with Crippen molar-refractivity contribution in [3.8, 4) is 0 Å². The number of nitrogens with one attached hydrogen (secondary N) is 3. The van der Waals surface area contributed by atoms with Gasteiger partial charge in [0.05, 0.1) is 12.5 Å². The first-order valence-corrected chi connectivity index (χ1v) is 5.33. The average Bonchev–Trinajstić information content (AvgIpc) is 2.33. The number of carbonyl (C=O) groups excluding carboxylic acids is 2. The molecule has 0 aliphatic heterocycles. The smallest absolute Gasteiger partial charge is 0.404 e. The Bertz CT molecular complexity index is 374. The molecule has 0 heterocycles. The summed E-state index contributed by atoms with van der Waals surface area (Å²) in [6.45, 7) is 0.246. The lowest BCUT2D eigenvalue weighted by Crippen LogP contribution is -2.53. The number of hydroxylamine groups is 1. The van der Waals surface area contributed by atoms with Crippen LogP contribution in [0.4, 0.5) is 13.2 Å². The number of carboxylic acid groups (broad SMARTS) is 1. The number of carboxylic acids is 1. The van der Waals surface area contributed by atoms with E-state index in [0.717, 1.165) is 6.92 Å². The van der Waals surface area contributed by atoms with Crippen LogP contribution in [0.5, 0.6) is 0 Å². The Labute approximate surface area is 111 Å². The summed E-state index contributed by atoms with van der Waals surface area (Å²) in [6, 6.07) is -3.76. The van der Waals surface area contributed by atoms with Crippen LogP contribution in [0.15, 0.2) is 0 Å². The van der Waals surface area contributed by atoms with Gasteiger partial charge in [0.25, 0.3) is 5.91 Å². The van der Waals surface area contributed by atoms with Gasteiger partial charge in [-0.2, -0.15) is 13.2 Å². The quantitative estimate of drug-likeness (QED) is 0.303. The molecule has 0 rings (SSSR count). The zero-order chi connectivity index (χ0) is 15.9. The van der Waals surface area contributed by atoms with E-state index in [0.29, 0.717) is 0 Å². The minimum absolute atomic E-state index is 0.809. The zero-order valence-electron chi connectivity index (χ0n) is 10.3. The first kappa shape index (κ1) is 18.1. The molecule has 2 amide bonds. The third-order valence-corrected chi connectivity index (χ3v) is 2.18. The Morgan fingerprint density at radius 3 is 2.20 bits per heavy atom. The van der Waals surface area contributed by atoms with Crippen LogP contribution < -0.4 is 16.1 Å². The van der Waals surface area contributed by atoms with Gasteiger partial charge in [-0.15, -0.1) is 0 Å². The van der Waals surface area contributed by atoms with Crippen LogP contribution in [0.25, 0.3) is 0 Å². The van der Waals surface area contributed by atoms with Crippen LogP contribution in [0.3, 0.4) is 0 Å². The number of halogens is 3. The van der Waals surface area contributed by atoms with Crippen molar-refractivity contribution < 1.29 is 37.9 Å². The second-order valence-electron chi connectivity index (χ2n) is 3.83. The molecule has 0 aromatic carbocycles. The van der Waals surface area contributed by atoms with Crippen LogP contribution in [0, 0.1) is 0 Å². The molecule has 116 valence electrons. The summed E-state index contributed by atoms with van der Waals surface area (Å²) in [4.78, 5) is 32.2. The van der Waals surface area contributed by atoms with Gasteiger partial charge in [0.1, 0.15) is 12.6 Å². The van der Waals surface area contributed by atoms with Gasteiger partial charge in [-0.05, 0) is 6.92 Å². The third-order valence-electron chi connectivity index (χ3n) is 2.18. The molecule has 0 spiro atoms. The van der Waals surface area contributed by atoms with Gasteiger partial charge in [0, 0.05) is 0 Å². The van der Waals surface area contributed by atoms with Crippen LogP contribution in [0.1, 0.15) is 13.3 Å². The summed E-state index contributed by atoms with van der Waals surface area (Å²) >= 11 is 0. The molecule has 0 fully saturated rings. The summed E-state index contributed by atoms with van der Waals surface area (Å²) in [7, 11) is 0. The molecule has 2 atom stereocenters. The number of carbonyl (C=O) groups is 3. The molecule has 0 aliphatic carbocycles. The van der Waals surface area contributed by atoms with Crippen LogP contribution >= 0.6 is 0 Å². The monoisotopic (exact) mass is 301 g/mol. The van der Waals surface area contributed by atoms with Gasteiger partial charge < -0.3 is 10.4 Å². The Morgan fingerprint density at radius 2 is 1.80 bits per heavy atom. The predicted octanol–water partition coefficient (Wildman–Crippen LogP) is -1.01. The Kier molecular flexibility index (Phi) is 6.93. The number of rotatable bonds is 7. The second kappa shape index (κ2) is 7.65. The molecule has 0 saturated carbocycles. The molecule has 8 nitrogen and oxygen atoms in total. The lowest BCUT2D eigenvalue weighted by Gasteiger charge is -2.24. The van der Waals surface area contributed by atoms with Crippen molar-refractivity contribution in [1.82, 2.24) is 16.1 Å². The lowest BCUT2D eigenvalue weighted by molar-refractivity contribution is -0.164. The number of hydrogen-bond donors (Lipinski definition) is 5. The van der Waals surface area contributed by atoms with E-state index in [1.54, 1.807) is 5.32 Å². The van der Waals surface area contributed by atoms with E-state index < -0.39 is 49.0 Å². The number of alkyl halides is 3. The number of amides is 2. The highest BCUT2D eigenvalue weighted by Gasteiger charge is 2.42. The van der Waals surface area contributed by atoms with E-state index in [2.05, 4.69) is 0 Å². The maximum atomic E-state index is 12.7. The normalized spacial score (nSPS) is 14.2.